The smallest absolute Gasteiger partial charge is 0.338 e. The van der Waals surface area contributed by atoms with E-state index in [0.29, 0.717) is 17.4 Å². The molecule has 1 aromatic carbocycles. The molecule has 7 nitrogen and oxygen atoms in total. The minimum atomic E-state index is -1.02. The number of hydrogen-bond acceptors (Lipinski definition) is 5. The summed E-state index contributed by atoms with van der Waals surface area (Å²) in [4.78, 5) is 40.5. The van der Waals surface area contributed by atoms with Crippen molar-refractivity contribution < 1.29 is 14.3 Å². The van der Waals surface area contributed by atoms with E-state index >= 15 is 0 Å². The standard InChI is InChI=1S/C18H21N3O4/c1-11(16(19)22)25-18(24)12-7-8-13-14(10-12)20-15-6-4-2-3-5-9-21(15)17(13)23/h7-8,10-11H,2-6,9H2,1H3,(H2,19,22)/t11-/m1/s1. The van der Waals surface area contributed by atoms with Crippen molar-refractivity contribution in [1.29, 1.82) is 0 Å². The van der Waals surface area contributed by atoms with Crippen molar-refractivity contribution in [2.24, 2.45) is 5.73 Å². The summed E-state index contributed by atoms with van der Waals surface area (Å²) < 4.78 is 6.75. The number of nitrogens with two attached hydrogens (primary N) is 1. The summed E-state index contributed by atoms with van der Waals surface area (Å²) in [6.07, 6.45) is 3.94. The van der Waals surface area contributed by atoms with E-state index in [4.69, 9.17) is 10.5 Å². The third kappa shape index (κ3) is 3.55. The maximum absolute atomic E-state index is 12.7. The average molecular weight is 343 g/mol. The Morgan fingerprint density at radius 1 is 1.24 bits per heavy atom. The quantitative estimate of drug-likeness (QED) is 0.851. The van der Waals surface area contributed by atoms with E-state index in [1.807, 2.05) is 0 Å². The van der Waals surface area contributed by atoms with Gasteiger partial charge in [-0.15, -0.1) is 0 Å². The zero-order valence-corrected chi connectivity index (χ0v) is 14.2. The van der Waals surface area contributed by atoms with Crippen molar-refractivity contribution in [3.8, 4) is 0 Å². The van der Waals surface area contributed by atoms with Crippen LogP contribution in [0.25, 0.3) is 10.9 Å². The fourth-order valence-corrected chi connectivity index (χ4v) is 3.01. The molecule has 0 spiro atoms. The summed E-state index contributed by atoms with van der Waals surface area (Å²) in [5.41, 5.74) is 5.74. The second kappa shape index (κ2) is 7.04. The fourth-order valence-electron chi connectivity index (χ4n) is 3.01. The molecule has 3 rings (SSSR count). The van der Waals surface area contributed by atoms with Gasteiger partial charge in [0.25, 0.3) is 11.5 Å². The van der Waals surface area contributed by atoms with Crippen LogP contribution in [0.2, 0.25) is 0 Å². The van der Waals surface area contributed by atoms with Gasteiger partial charge in [-0.1, -0.05) is 12.8 Å². The normalized spacial score (nSPS) is 15.7. The maximum Gasteiger partial charge on any atom is 0.338 e. The minimum Gasteiger partial charge on any atom is -0.449 e. The number of hydrogen-bond donors (Lipinski definition) is 1. The molecule has 0 radical (unpaired) electrons. The highest BCUT2D eigenvalue weighted by molar-refractivity contribution is 5.95. The van der Waals surface area contributed by atoms with Crippen LogP contribution in [0.3, 0.4) is 0 Å². The molecule has 0 saturated carbocycles. The molecule has 0 saturated heterocycles. The highest BCUT2D eigenvalue weighted by atomic mass is 16.5. The van der Waals surface area contributed by atoms with Crippen molar-refractivity contribution in [1.82, 2.24) is 9.55 Å². The number of aryl methyl sites for hydroxylation is 1. The number of nitrogens with zero attached hydrogens (tertiary/aromatic N) is 2. The Balaban J connectivity index is 2.00. The minimum absolute atomic E-state index is 0.0766. The Bertz CT molecular complexity index is 888. The lowest BCUT2D eigenvalue weighted by Crippen LogP contribution is -2.30. The van der Waals surface area contributed by atoms with Crippen molar-refractivity contribution in [2.75, 3.05) is 0 Å². The molecular weight excluding hydrogens is 322 g/mol. The third-order valence-corrected chi connectivity index (χ3v) is 4.49. The first-order valence-electron chi connectivity index (χ1n) is 8.51. The Hall–Kier alpha value is -2.70. The number of esters is 1. The maximum atomic E-state index is 12.7. The van der Waals surface area contributed by atoms with Crippen molar-refractivity contribution in [3.05, 3.63) is 39.9 Å². The summed E-state index contributed by atoms with van der Waals surface area (Å²) in [5.74, 6) is -0.623. The van der Waals surface area contributed by atoms with Gasteiger partial charge in [-0.3, -0.25) is 14.2 Å². The number of carbonyl (C=O) groups is 2. The van der Waals surface area contributed by atoms with Gasteiger partial charge in [-0.25, -0.2) is 9.78 Å². The Morgan fingerprint density at radius 2 is 2.00 bits per heavy atom. The summed E-state index contributed by atoms with van der Waals surface area (Å²) in [6.45, 7) is 2.09. The van der Waals surface area contributed by atoms with Crippen LogP contribution in [-0.4, -0.2) is 27.5 Å². The third-order valence-electron chi connectivity index (χ3n) is 4.49. The zero-order valence-electron chi connectivity index (χ0n) is 14.2. The molecule has 25 heavy (non-hydrogen) atoms. The number of carbonyl (C=O) groups excluding carboxylic acids is 2. The largest absolute Gasteiger partial charge is 0.449 e. The van der Waals surface area contributed by atoms with E-state index in [1.165, 1.54) is 19.1 Å². The molecule has 2 heterocycles. The Morgan fingerprint density at radius 3 is 2.76 bits per heavy atom. The van der Waals surface area contributed by atoms with Crippen molar-refractivity contribution in [2.45, 2.75) is 51.7 Å². The number of aromatic nitrogens is 2. The topological polar surface area (TPSA) is 104 Å². The molecule has 1 amide bonds. The van der Waals surface area contributed by atoms with Crippen molar-refractivity contribution in [3.63, 3.8) is 0 Å². The van der Waals surface area contributed by atoms with Crippen LogP contribution in [0.5, 0.6) is 0 Å². The lowest BCUT2D eigenvalue weighted by molar-refractivity contribution is -0.125. The average Bonchev–Trinajstić information content (AvgIpc) is 2.56. The molecular formula is C18H21N3O4. The van der Waals surface area contributed by atoms with Crippen LogP contribution in [0.4, 0.5) is 0 Å². The molecule has 7 heteroatoms. The lowest BCUT2D eigenvalue weighted by atomic mass is 10.1. The highest BCUT2D eigenvalue weighted by Gasteiger charge is 2.18. The van der Waals surface area contributed by atoms with E-state index in [1.54, 1.807) is 10.6 Å². The van der Waals surface area contributed by atoms with Crippen LogP contribution in [-0.2, 0) is 22.5 Å². The fraction of sp³-hybridized carbons (Fsp3) is 0.444. The molecule has 2 N–H and O–H groups in total. The summed E-state index contributed by atoms with van der Waals surface area (Å²) in [5, 5.41) is 0.476. The summed E-state index contributed by atoms with van der Waals surface area (Å²) >= 11 is 0. The molecule has 1 aliphatic rings. The van der Waals surface area contributed by atoms with Crippen LogP contribution < -0.4 is 11.3 Å². The van der Waals surface area contributed by atoms with Gasteiger partial charge >= 0.3 is 5.97 Å². The van der Waals surface area contributed by atoms with Gasteiger partial charge in [0.2, 0.25) is 0 Å². The number of benzene rings is 1. The molecule has 0 fully saturated rings. The van der Waals surface area contributed by atoms with Gasteiger partial charge in [0.05, 0.1) is 16.5 Å². The molecule has 2 aromatic rings. The molecule has 1 atom stereocenters. The van der Waals surface area contributed by atoms with E-state index in [9.17, 15) is 14.4 Å². The molecule has 1 aromatic heterocycles. The number of amides is 1. The highest BCUT2D eigenvalue weighted by Crippen LogP contribution is 2.17. The first-order chi connectivity index (χ1) is 12.0. The van der Waals surface area contributed by atoms with Crippen molar-refractivity contribution >= 4 is 22.8 Å². The van der Waals surface area contributed by atoms with Gasteiger partial charge in [0.15, 0.2) is 6.10 Å². The second-order valence-corrected chi connectivity index (χ2v) is 6.33. The van der Waals surface area contributed by atoms with Crippen LogP contribution in [0, 0.1) is 0 Å². The molecule has 1 aliphatic heterocycles. The monoisotopic (exact) mass is 343 g/mol. The Kier molecular flexibility index (Phi) is 4.83. The van der Waals surface area contributed by atoms with Crippen LogP contribution >= 0.6 is 0 Å². The first kappa shape index (κ1) is 17.1. The van der Waals surface area contributed by atoms with E-state index in [0.717, 1.165) is 37.9 Å². The van der Waals surface area contributed by atoms with Gasteiger partial charge in [-0.05, 0) is 38.0 Å². The van der Waals surface area contributed by atoms with Crippen LogP contribution in [0.1, 0.15) is 48.8 Å². The molecule has 0 bridgehead atoms. The predicted octanol–water partition coefficient (Wildman–Crippen LogP) is 1.54. The van der Waals surface area contributed by atoms with E-state index in [-0.39, 0.29) is 11.1 Å². The van der Waals surface area contributed by atoms with Gasteiger partial charge in [0, 0.05) is 13.0 Å². The summed E-state index contributed by atoms with van der Waals surface area (Å²) in [6, 6.07) is 4.63. The van der Waals surface area contributed by atoms with Gasteiger partial charge < -0.3 is 10.5 Å². The zero-order chi connectivity index (χ0) is 18.0. The summed E-state index contributed by atoms with van der Waals surface area (Å²) in [7, 11) is 0. The number of rotatable bonds is 3. The number of fused-ring (bicyclic) bond motifs is 2. The lowest BCUT2D eigenvalue weighted by Gasteiger charge is -2.16. The van der Waals surface area contributed by atoms with Gasteiger partial charge in [-0.2, -0.15) is 0 Å². The SMILES string of the molecule is C[C@@H](OC(=O)c1ccc2c(=O)n3c(nc2c1)CCCCCC3)C(N)=O. The first-order valence-corrected chi connectivity index (χ1v) is 8.51. The van der Waals surface area contributed by atoms with Gasteiger partial charge in [0.1, 0.15) is 5.82 Å². The molecule has 0 unspecified atom stereocenters. The molecule has 0 aliphatic carbocycles. The number of primary amides is 1. The van der Waals surface area contributed by atoms with Crippen LogP contribution in [0.15, 0.2) is 23.0 Å². The predicted molar refractivity (Wildman–Crippen MR) is 92.2 cm³/mol. The van der Waals surface area contributed by atoms with E-state index < -0.39 is 18.0 Å². The molecule has 132 valence electrons. The number of ether oxygens (including phenoxy) is 1. The second-order valence-electron chi connectivity index (χ2n) is 6.33. The Labute approximate surface area is 144 Å². The van der Waals surface area contributed by atoms with E-state index in [2.05, 4.69) is 4.98 Å².